The van der Waals surface area contributed by atoms with E-state index in [1.54, 1.807) is 6.20 Å². The summed E-state index contributed by atoms with van der Waals surface area (Å²) in [5.74, 6) is 1.71. The molecule has 88 valence electrons. The molecule has 0 amide bonds. The zero-order valence-corrected chi connectivity index (χ0v) is 10.8. The SMILES string of the molecule is CC1CC(C)CC(Sc2ccc(N)cn2)C1. The van der Waals surface area contributed by atoms with Gasteiger partial charge in [0.2, 0.25) is 0 Å². The fourth-order valence-electron chi connectivity index (χ4n) is 2.60. The van der Waals surface area contributed by atoms with Gasteiger partial charge in [-0.05, 0) is 43.2 Å². The first-order valence-corrected chi connectivity index (χ1v) is 6.89. The van der Waals surface area contributed by atoms with Gasteiger partial charge in [-0.1, -0.05) is 13.8 Å². The molecule has 1 heterocycles. The molecule has 2 unspecified atom stereocenters. The van der Waals surface area contributed by atoms with Gasteiger partial charge in [0, 0.05) is 5.25 Å². The summed E-state index contributed by atoms with van der Waals surface area (Å²) in [6.45, 7) is 4.72. The molecule has 1 aromatic rings. The van der Waals surface area contributed by atoms with Crippen molar-refractivity contribution in [3.05, 3.63) is 18.3 Å². The second-order valence-corrected chi connectivity index (χ2v) is 6.41. The zero-order chi connectivity index (χ0) is 11.5. The maximum Gasteiger partial charge on any atom is 0.0964 e. The van der Waals surface area contributed by atoms with Gasteiger partial charge in [-0.2, -0.15) is 0 Å². The Balaban J connectivity index is 1.96. The number of hydrogen-bond donors (Lipinski definition) is 1. The van der Waals surface area contributed by atoms with E-state index in [-0.39, 0.29) is 0 Å². The van der Waals surface area contributed by atoms with Crippen LogP contribution < -0.4 is 5.73 Å². The number of hydrogen-bond acceptors (Lipinski definition) is 3. The van der Waals surface area contributed by atoms with E-state index in [0.29, 0.717) is 0 Å². The molecule has 2 rings (SSSR count). The monoisotopic (exact) mass is 236 g/mol. The maximum absolute atomic E-state index is 5.63. The van der Waals surface area contributed by atoms with Crippen LogP contribution in [0.1, 0.15) is 33.1 Å². The molecule has 1 aromatic heterocycles. The first kappa shape index (κ1) is 11.8. The molecule has 3 heteroatoms. The van der Waals surface area contributed by atoms with Gasteiger partial charge in [-0.25, -0.2) is 4.98 Å². The van der Waals surface area contributed by atoms with Crippen molar-refractivity contribution in [1.29, 1.82) is 0 Å². The number of rotatable bonds is 2. The molecule has 2 atom stereocenters. The molecule has 2 nitrogen and oxygen atoms in total. The lowest BCUT2D eigenvalue weighted by molar-refractivity contribution is 0.309. The number of pyridine rings is 1. The molecule has 0 saturated heterocycles. The summed E-state index contributed by atoms with van der Waals surface area (Å²) in [5.41, 5.74) is 6.38. The Kier molecular flexibility index (Phi) is 3.74. The van der Waals surface area contributed by atoms with Crippen molar-refractivity contribution in [3.8, 4) is 0 Å². The standard InChI is InChI=1S/C13H20N2S/c1-9-5-10(2)7-12(6-9)16-13-4-3-11(14)8-15-13/h3-4,8-10,12H,5-7,14H2,1-2H3. The molecule has 1 aliphatic carbocycles. The van der Waals surface area contributed by atoms with Crippen LogP contribution in [0.3, 0.4) is 0 Å². The number of nitrogen functional groups attached to an aromatic ring is 1. The normalized spacial score (nSPS) is 30.2. The minimum absolute atomic E-state index is 0.731. The third-order valence-electron chi connectivity index (χ3n) is 3.18. The maximum atomic E-state index is 5.63. The van der Waals surface area contributed by atoms with Crippen LogP contribution in [0.5, 0.6) is 0 Å². The highest BCUT2D eigenvalue weighted by Crippen LogP contribution is 2.37. The van der Waals surface area contributed by atoms with E-state index < -0.39 is 0 Å². The third kappa shape index (κ3) is 3.14. The van der Waals surface area contributed by atoms with Gasteiger partial charge in [0.15, 0.2) is 0 Å². The van der Waals surface area contributed by atoms with Crippen LogP contribution in [-0.4, -0.2) is 10.2 Å². The summed E-state index contributed by atoms with van der Waals surface area (Å²) in [5, 5.41) is 1.84. The Hall–Kier alpha value is -0.700. The van der Waals surface area contributed by atoms with Crippen LogP contribution in [0.15, 0.2) is 23.4 Å². The summed E-state index contributed by atoms with van der Waals surface area (Å²) >= 11 is 1.91. The second-order valence-electron chi connectivity index (χ2n) is 5.09. The fourth-order valence-corrected chi connectivity index (χ4v) is 4.05. The highest BCUT2D eigenvalue weighted by atomic mass is 32.2. The van der Waals surface area contributed by atoms with Gasteiger partial charge in [-0.15, -0.1) is 11.8 Å². The Labute approximate surface area is 102 Å². The van der Waals surface area contributed by atoms with Gasteiger partial charge >= 0.3 is 0 Å². The van der Waals surface area contributed by atoms with Crippen LogP contribution in [-0.2, 0) is 0 Å². The summed E-state index contributed by atoms with van der Waals surface area (Å²) in [6, 6.07) is 3.97. The first-order chi connectivity index (χ1) is 7.63. The number of anilines is 1. The van der Waals surface area contributed by atoms with Crippen LogP contribution in [0.4, 0.5) is 5.69 Å². The van der Waals surface area contributed by atoms with E-state index in [4.69, 9.17) is 5.73 Å². The molecule has 1 fully saturated rings. The highest BCUT2D eigenvalue weighted by molar-refractivity contribution is 7.99. The Morgan fingerprint density at radius 3 is 2.44 bits per heavy atom. The van der Waals surface area contributed by atoms with Crippen LogP contribution >= 0.6 is 11.8 Å². The molecular weight excluding hydrogens is 216 g/mol. The summed E-state index contributed by atoms with van der Waals surface area (Å²) < 4.78 is 0. The smallest absolute Gasteiger partial charge is 0.0964 e. The molecule has 0 spiro atoms. The van der Waals surface area contributed by atoms with Crippen molar-refractivity contribution >= 4 is 17.4 Å². The Morgan fingerprint density at radius 1 is 1.19 bits per heavy atom. The minimum Gasteiger partial charge on any atom is -0.397 e. The highest BCUT2D eigenvalue weighted by Gasteiger charge is 2.24. The van der Waals surface area contributed by atoms with Gasteiger partial charge < -0.3 is 5.73 Å². The lowest BCUT2D eigenvalue weighted by Crippen LogP contribution is -2.21. The average molecular weight is 236 g/mol. The first-order valence-electron chi connectivity index (χ1n) is 6.01. The number of aromatic nitrogens is 1. The molecule has 2 N–H and O–H groups in total. The molecule has 1 aliphatic rings. The number of thioether (sulfide) groups is 1. The Morgan fingerprint density at radius 2 is 1.88 bits per heavy atom. The number of nitrogens with two attached hydrogens (primary N) is 1. The van der Waals surface area contributed by atoms with Gasteiger partial charge in [0.1, 0.15) is 0 Å². The fraction of sp³-hybridized carbons (Fsp3) is 0.615. The van der Waals surface area contributed by atoms with Gasteiger partial charge in [0.05, 0.1) is 16.9 Å². The van der Waals surface area contributed by atoms with E-state index in [1.165, 1.54) is 19.3 Å². The van der Waals surface area contributed by atoms with Crippen LogP contribution in [0.2, 0.25) is 0 Å². The van der Waals surface area contributed by atoms with Crippen molar-refractivity contribution < 1.29 is 0 Å². The molecule has 0 bridgehead atoms. The molecule has 0 aromatic carbocycles. The van der Waals surface area contributed by atoms with Crippen LogP contribution in [0, 0.1) is 11.8 Å². The van der Waals surface area contributed by atoms with E-state index in [1.807, 2.05) is 23.9 Å². The minimum atomic E-state index is 0.731. The van der Waals surface area contributed by atoms with E-state index in [0.717, 1.165) is 27.8 Å². The summed E-state index contributed by atoms with van der Waals surface area (Å²) in [6.07, 6.45) is 5.77. The molecule has 16 heavy (non-hydrogen) atoms. The molecule has 0 radical (unpaired) electrons. The van der Waals surface area contributed by atoms with Crippen molar-refractivity contribution in [1.82, 2.24) is 4.98 Å². The zero-order valence-electron chi connectivity index (χ0n) is 10.0. The van der Waals surface area contributed by atoms with Crippen molar-refractivity contribution in [2.75, 3.05) is 5.73 Å². The predicted molar refractivity (Wildman–Crippen MR) is 70.5 cm³/mol. The quantitative estimate of drug-likeness (QED) is 0.853. The molecule has 0 aliphatic heterocycles. The van der Waals surface area contributed by atoms with Crippen LogP contribution in [0.25, 0.3) is 0 Å². The van der Waals surface area contributed by atoms with E-state index >= 15 is 0 Å². The topological polar surface area (TPSA) is 38.9 Å². The van der Waals surface area contributed by atoms with Crippen molar-refractivity contribution in [3.63, 3.8) is 0 Å². The summed E-state index contributed by atoms with van der Waals surface area (Å²) in [7, 11) is 0. The lowest BCUT2D eigenvalue weighted by Gasteiger charge is -2.30. The van der Waals surface area contributed by atoms with E-state index in [9.17, 15) is 0 Å². The Bertz CT molecular complexity index is 326. The third-order valence-corrected chi connectivity index (χ3v) is 4.38. The molecule has 1 saturated carbocycles. The number of nitrogens with zero attached hydrogens (tertiary/aromatic N) is 1. The van der Waals surface area contributed by atoms with Crippen molar-refractivity contribution in [2.24, 2.45) is 11.8 Å². The van der Waals surface area contributed by atoms with E-state index in [2.05, 4.69) is 18.8 Å². The molecular formula is C13H20N2S. The predicted octanol–water partition coefficient (Wildman–Crippen LogP) is 3.58. The van der Waals surface area contributed by atoms with Crippen molar-refractivity contribution in [2.45, 2.75) is 43.4 Å². The lowest BCUT2D eigenvalue weighted by atomic mass is 9.83. The summed E-state index contributed by atoms with van der Waals surface area (Å²) in [4.78, 5) is 4.36. The van der Waals surface area contributed by atoms with Gasteiger partial charge in [0.25, 0.3) is 0 Å². The van der Waals surface area contributed by atoms with Gasteiger partial charge in [-0.3, -0.25) is 0 Å². The largest absolute Gasteiger partial charge is 0.397 e. The second kappa shape index (κ2) is 5.09. The average Bonchev–Trinajstić information content (AvgIpc) is 2.20.